The van der Waals surface area contributed by atoms with Crippen LogP contribution in [-0.2, 0) is 10.0 Å². The van der Waals surface area contributed by atoms with Crippen LogP contribution < -0.4 is 0 Å². The summed E-state index contributed by atoms with van der Waals surface area (Å²) in [5, 5.41) is 8.81. The Morgan fingerprint density at radius 1 is 1.33 bits per heavy atom. The Balaban J connectivity index is 2.41. The molecule has 0 aliphatic carbocycles. The van der Waals surface area contributed by atoms with Crippen LogP contribution in [0, 0.1) is 11.3 Å². The van der Waals surface area contributed by atoms with Gasteiger partial charge in [-0.3, -0.25) is 0 Å². The molecule has 0 aromatic carbocycles. The number of aliphatic hydroxyl groups excluding tert-OH is 1. The Hall–Kier alpha value is -0.130. The van der Waals surface area contributed by atoms with Gasteiger partial charge in [-0.25, -0.2) is 12.7 Å². The molecule has 1 aliphatic heterocycles. The lowest BCUT2D eigenvalue weighted by Crippen LogP contribution is -2.52. The maximum Gasteiger partial charge on any atom is 0.214 e. The molecule has 0 aromatic heterocycles. The molecule has 0 radical (unpaired) electrons. The Morgan fingerprint density at radius 3 is 2.27 bits per heavy atom. The molecular weight excluding hydrogens is 214 g/mol. The molecule has 0 aromatic rings. The van der Waals surface area contributed by atoms with Gasteiger partial charge in [0.25, 0.3) is 0 Å². The van der Waals surface area contributed by atoms with Gasteiger partial charge in [0.15, 0.2) is 0 Å². The molecule has 0 unspecified atom stereocenters. The summed E-state index contributed by atoms with van der Waals surface area (Å²) >= 11 is 0. The second kappa shape index (κ2) is 4.39. The van der Waals surface area contributed by atoms with Crippen molar-refractivity contribution in [2.45, 2.75) is 27.2 Å². The number of sulfonamides is 1. The molecule has 5 heteroatoms. The van der Waals surface area contributed by atoms with Gasteiger partial charge in [-0.2, -0.15) is 0 Å². The first-order valence-corrected chi connectivity index (χ1v) is 6.94. The lowest BCUT2D eigenvalue weighted by atomic mass is 9.94. The smallest absolute Gasteiger partial charge is 0.214 e. The van der Waals surface area contributed by atoms with Crippen molar-refractivity contribution in [2.24, 2.45) is 11.3 Å². The minimum absolute atomic E-state index is 0.0499. The summed E-state index contributed by atoms with van der Waals surface area (Å²) in [5.74, 6) is 0.365. The van der Waals surface area contributed by atoms with Crippen molar-refractivity contribution in [3.8, 4) is 0 Å². The Labute approximate surface area is 92.3 Å². The van der Waals surface area contributed by atoms with Crippen molar-refractivity contribution in [2.75, 3.05) is 25.4 Å². The largest absolute Gasteiger partial charge is 0.396 e. The van der Waals surface area contributed by atoms with Crippen LogP contribution in [0.2, 0.25) is 0 Å². The van der Waals surface area contributed by atoms with Crippen LogP contribution in [0.3, 0.4) is 0 Å². The third-order valence-electron chi connectivity index (χ3n) is 2.69. The van der Waals surface area contributed by atoms with Crippen molar-refractivity contribution < 1.29 is 13.5 Å². The topological polar surface area (TPSA) is 57.6 Å². The van der Waals surface area contributed by atoms with Gasteiger partial charge in [-0.1, -0.05) is 20.8 Å². The molecule has 15 heavy (non-hydrogen) atoms. The van der Waals surface area contributed by atoms with Crippen molar-refractivity contribution in [3.05, 3.63) is 0 Å². The number of rotatable bonds is 4. The van der Waals surface area contributed by atoms with Gasteiger partial charge in [0, 0.05) is 25.6 Å². The summed E-state index contributed by atoms with van der Waals surface area (Å²) in [5.41, 5.74) is 0.0499. The predicted octanol–water partition coefficient (Wildman–Crippen LogP) is 0.676. The monoisotopic (exact) mass is 235 g/mol. The van der Waals surface area contributed by atoms with E-state index in [2.05, 4.69) is 0 Å². The van der Waals surface area contributed by atoms with E-state index in [4.69, 9.17) is 5.11 Å². The first-order chi connectivity index (χ1) is 6.74. The summed E-state index contributed by atoms with van der Waals surface area (Å²) in [6.45, 7) is 7.18. The number of aliphatic hydroxyl groups is 1. The van der Waals surface area contributed by atoms with Crippen LogP contribution in [-0.4, -0.2) is 43.3 Å². The van der Waals surface area contributed by atoms with E-state index in [1.807, 2.05) is 20.8 Å². The highest BCUT2D eigenvalue weighted by atomic mass is 32.2. The molecule has 1 aliphatic rings. The molecule has 90 valence electrons. The van der Waals surface area contributed by atoms with E-state index < -0.39 is 10.0 Å². The highest BCUT2D eigenvalue weighted by Crippen LogP contribution is 2.24. The molecule has 4 nitrogen and oxygen atoms in total. The molecule has 1 rings (SSSR count). The highest BCUT2D eigenvalue weighted by Gasteiger charge is 2.35. The lowest BCUT2D eigenvalue weighted by Gasteiger charge is -2.37. The van der Waals surface area contributed by atoms with Gasteiger partial charge < -0.3 is 5.11 Å². The van der Waals surface area contributed by atoms with Crippen LogP contribution in [0.5, 0.6) is 0 Å². The van der Waals surface area contributed by atoms with E-state index in [0.717, 1.165) is 0 Å². The molecule has 0 atom stereocenters. The zero-order chi connectivity index (χ0) is 11.7. The Kier molecular flexibility index (Phi) is 3.79. The second-order valence-electron chi connectivity index (χ2n) is 5.49. The summed E-state index contributed by atoms with van der Waals surface area (Å²) in [6.07, 6.45) is 0.676. The molecule has 1 N–H and O–H groups in total. The average Bonchev–Trinajstić information content (AvgIpc) is 1.97. The summed E-state index contributed by atoms with van der Waals surface area (Å²) in [6, 6.07) is 0. The first-order valence-electron chi connectivity index (χ1n) is 5.33. The fourth-order valence-electron chi connectivity index (χ4n) is 1.43. The van der Waals surface area contributed by atoms with Gasteiger partial charge in [0.05, 0.1) is 5.75 Å². The molecule has 1 saturated heterocycles. The van der Waals surface area contributed by atoms with E-state index in [-0.39, 0.29) is 23.7 Å². The third-order valence-corrected chi connectivity index (χ3v) is 4.49. The van der Waals surface area contributed by atoms with E-state index in [0.29, 0.717) is 19.5 Å². The SMILES string of the molecule is CC(C)(C)CCS(=O)(=O)N1CC(CO)C1. The number of hydrogen-bond donors (Lipinski definition) is 1. The van der Waals surface area contributed by atoms with Crippen molar-refractivity contribution in [1.29, 1.82) is 0 Å². The molecule has 1 heterocycles. The minimum Gasteiger partial charge on any atom is -0.396 e. The van der Waals surface area contributed by atoms with E-state index in [1.165, 1.54) is 4.31 Å². The zero-order valence-corrected chi connectivity index (χ0v) is 10.5. The van der Waals surface area contributed by atoms with Crippen LogP contribution >= 0.6 is 0 Å². The summed E-state index contributed by atoms with van der Waals surface area (Å²) in [7, 11) is -3.08. The normalized spacial score (nSPS) is 20.3. The van der Waals surface area contributed by atoms with Gasteiger partial charge >= 0.3 is 0 Å². The number of hydrogen-bond acceptors (Lipinski definition) is 3. The van der Waals surface area contributed by atoms with Crippen LogP contribution in [0.1, 0.15) is 27.2 Å². The van der Waals surface area contributed by atoms with Crippen LogP contribution in [0.15, 0.2) is 0 Å². The predicted molar refractivity (Wildman–Crippen MR) is 60.0 cm³/mol. The van der Waals surface area contributed by atoms with Crippen LogP contribution in [0.25, 0.3) is 0 Å². The molecule has 0 amide bonds. The zero-order valence-electron chi connectivity index (χ0n) is 9.73. The summed E-state index contributed by atoms with van der Waals surface area (Å²) < 4.78 is 25.0. The summed E-state index contributed by atoms with van der Waals surface area (Å²) in [4.78, 5) is 0. The van der Waals surface area contributed by atoms with Crippen molar-refractivity contribution >= 4 is 10.0 Å². The van der Waals surface area contributed by atoms with E-state index in [9.17, 15) is 8.42 Å². The lowest BCUT2D eigenvalue weighted by molar-refractivity contribution is 0.117. The molecule has 1 fully saturated rings. The van der Waals surface area contributed by atoms with Crippen LogP contribution in [0.4, 0.5) is 0 Å². The fourth-order valence-corrected chi connectivity index (χ4v) is 3.43. The standard InChI is InChI=1S/C10H21NO3S/c1-10(2,3)4-5-15(13,14)11-6-9(7-11)8-12/h9,12H,4-8H2,1-3H3. The van der Waals surface area contributed by atoms with Gasteiger partial charge in [0.1, 0.15) is 0 Å². The third kappa shape index (κ3) is 3.74. The maximum absolute atomic E-state index is 11.8. The van der Waals surface area contributed by atoms with Crippen molar-refractivity contribution in [1.82, 2.24) is 4.31 Å². The van der Waals surface area contributed by atoms with Gasteiger partial charge in [0.2, 0.25) is 10.0 Å². The second-order valence-corrected chi connectivity index (χ2v) is 7.58. The van der Waals surface area contributed by atoms with Crippen molar-refractivity contribution in [3.63, 3.8) is 0 Å². The Morgan fingerprint density at radius 2 is 1.87 bits per heavy atom. The quantitative estimate of drug-likeness (QED) is 0.779. The molecule has 0 spiro atoms. The Bertz CT molecular complexity index is 299. The highest BCUT2D eigenvalue weighted by molar-refractivity contribution is 7.89. The molecule has 0 saturated carbocycles. The molecule has 0 bridgehead atoms. The maximum atomic E-state index is 11.8. The first kappa shape index (κ1) is 12.9. The molecular formula is C10H21NO3S. The van der Waals surface area contributed by atoms with E-state index in [1.54, 1.807) is 0 Å². The fraction of sp³-hybridized carbons (Fsp3) is 1.00. The number of nitrogens with zero attached hydrogens (tertiary/aromatic N) is 1. The minimum atomic E-state index is -3.08. The van der Waals surface area contributed by atoms with E-state index >= 15 is 0 Å². The van der Waals surface area contributed by atoms with Gasteiger partial charge in [-0.15, -0.1) is 0 Å². The van der Waals surface area contributed by atoms with Gasteiger partial charge in [-0.05, 0) is 11.8 Å². The average molecular weight is 235 g/mol.